The van der Waals surface area contributed by atoms with Gasteiger partial charge in [0, 0.05) is 20.0 Å². The highest BCUT2D eigenvalue weighted by atomic mass is 32.2. The van der Waals surface area contributed by atoms with Crippen molar-refractivity contribution in [2.45, 2.75) is 23.9 Å². The number of nitrogens with zero attached hydrogens (tertiary/aromatic N) is 2. The third-order valence-electron chi connectivity index (χ3n) is 6.44. The van der Waals surface area contributed by atoms with E-state index in [0.29, 0.717) is 0 Å². The Morgan fingerprint density at radius 3 is 1.85 bits per heavy atom. The van der Waals surface area contributed by atoms with Gasteiger partial charge in [-0.3, -0.25) is 13.9 Å². The highest BCUT2D eigenvalue weighted by Crippen LogP contribution is 2.25. The summed E-state index contributed by atoms with van der Waals surface area (Å²) >= 11 is 0. The fourth-order valence-electron chi connectivity index (χ4n) is 4.36. The third-order valence-corrected chi connectivity index (χ3v) is 8.23. The number of hydrogen-bond donors (Lipinski definition) is 1. The van der Waals surface area contributed by atoms with E-state index in [1.807, 2.05) is 60.7 Å². The molecule has 0 fully saturated rings. The summed E-state index contributed by atoms with van der Waals surface area (Å²) in [5.41, 5.74) is 1.89. The molecule has 2 amide bonds. The van der Waals surface area contributed by atoms with Gasteiger partial charge >= 0.3 is 0 Å². The largest absolute Gasteiger partial charge is 0.357 e. The van der Waals surface area contributed by atoms with Gasteiger partial charge in [-0.1, -0.05) is 78.9 Å². The lowest BCUT2D eigenvalue weighted by atomic mass is 10.0. The number of amides is 2. The number of halogens is 1. The van der Waals surface area contributed by atoms with E-state index < -0.39 is 34.3 Å². The molecular formula is C31H30FN3O4S. The molecule has 1 N–H and O–H groups in total. The van der Waals surface area contributed by atoms with Gasteiger partial charge in [0.15, 0.2) is 0 Å². The zero-order chi connectivity index (χ0) is 28.5. The zero-order valence-electron chi connectivity index (χ0n) is 22.0. The van der Waals surface area contributed by atoms with Crippen LogP contribution in [-0.2, 0) is 32.6 Å². The monoisotopic (exact) mass is 559 g/mol. The van der Waals surface area contributed by atoms with Crippen molar-refractivity contribution in [3.05, 3.63) is 132 Å². The van der Waals surface area contributed by atoms with Crippen molar-refractivity contribution in [1.82, 2.24) is 10.2 Å². The van der Waals surface area contributed by atoms with E-state index in [1.165, 1.54) is 11.9 Å². The number of sulfonamides is 1. The number of rotatable bonds is 11. The lowest BCUT2D eigenvalue weighted by Crippen LogP contribution is -2.53. The first-order chi connectivity index (χ1) is 19.3. The second-order valence-corrected chi connectivity index (χ2v) is 11.0. The topological polar surface area (TPSA) is 86.8 Å². The Morgan fingerprint density at radius 2 is 1.30 bits per heavy atom. The maximum absolute atomic E-state index is 14.1. The predicted octanol–water partition coefficient (Wildman–Crippen LogP) is 4.41. The minimum atomic E-state index is -4.26. The molecule has 1 atom stereocenters. The Labute approximate surface area is 233 Å². The molecule has 0 heterocycles. The van der Waals surface area contributed by atoms with Gasteiger partial charge in [0.05, 0.1) is 10.6 Å². The van der Waals surface area contributed by atoms with Gasteiger partial charge in [0.25, 0.3) is 10.0 Å². The average molecular weight is 560 g/mol. The van der Waals surface area contributed by atoms with E-state index in [2.05, 4.69) is 5.32 Å². The normalized spacial score (nSPS) is 11.8. The van der Waals surface area contributed by atoms with E-state index in [9.17, 15) is 22.4 Å². The third kappa shape index (κ3) is 6.92. The van der Waals surface area contributed by atoms with Crippen molar-refractivity contribution in [3.63, 3.8) is 0 Å². The number of para-hydroxylation sites is 1. The van der Waals surface area contributed by atoms with Crippen LogP contribution in [0.5, 0.6) is 0 Å². The van der Waals surface area contributed by atoms with Crippen molar-refractivity contribution in [3.8, 4) is 0 Å². The highest BCUT2D eigenvalue weighted by molar-refractivity contribution is 7.92. The fraction of sp³-hybridized carbons (Fsp3) is 0.161. The lowest BCUT2D eigenvalue weighted by molar-refractivity contribution is -0.139. The molecule has 206 valence electrons. The van der Waals surface area contributed by atoms with Crippen molar-refractivity contribution in [1.29, 1.82) is 0 Å². The average Bonchev–Trinajstić information content (AvgIpc) is 2.98. The van der Waals surface area contributed by atoms with E-state index in [4.69, 9.17) is 0 Å². The molecule has 4 aromatic carbocycles. The summed E-state index contributed by atoms with van der Waals surface area (Å²) in [4.78, 5) is 28.5. The van der Waals surface area contributed by atoms with Crippen LogP contribution in [0.1, 0.15) is 11.1 Å². The molecule has 0 radical (unpaired) electrons. The van der Waals surface area contributed by atoms with Gasteiger partial charge in [0.2, 0.25) is 11.8 Å². The first-order valence-electron chi connectivity index (χ1n) is 12.7. The summed E-state index contributed by atoms with van der Waals surface area (Å²) in [5, 5.41) is 2.65. The molecule has 0 bridgehead atoms. The molecule has 0 spiro atoms. The highest BCUT2D eigenvalue weighted by Gasteiger charge is 2.34. The summed E-state index contributed by atoms with van der Waals surface area (Å²) < 4.78 is 42.1. The van der Waals surface area contributed by atoms with E-state index in [1.54, 1.807) is 30.3 Å². The standard InChI is InChI=1S/C31H30FN3O4S/c1-33-31(37)29(21-24-11-5-2-6-12-24)34(22-25-13-7-3-8-14-25)30(36)23-35(27-15-9-4-10-16-27)40(38,39)28-19-17-26(32)18-20-28/h2-20,29H,21-23H2,1H3,(H,33,37). The SMILES string of the molecule is CNC(=O)C(Cc1ccccc1)N(Cc1ccccc1)C(=O)CN(c1ccccc1)S(=O)(=O)c1ccc(F)cc1. The summed E-state index contributed by atoms with van der Waals surface area (Å²) in [6, 6.07) is 30.3. The van der Waals surface area contributed by atoms with Crippen LogP contribution in [0.25, 0.3) is 0 Å². The Hall–Kier alpha value is -4.50. The quantitative estimate of drug-likeness (QED) is 0.295. The Kier molecular flexibility index (Phi) is 9.29. The van der Waals surface area contributed by atoms with Crippen LogP contribution in [0, 0.1) is 5.82 Å². The van der Waals surface area contributed by atoms with Crippen LogP contribution >= 0.6 is 0 Å². The van der Waals surface area contributed by atoms with Crippen LogP contribution in [0.2, 0.25) is 0 Å². The molecule has 0 aliphatic carbocycles. The molecule has 1 unspecified atom stereocenters. The van der Waals surface area contributed by atoms with Crippen molar-refractivity contribution in [2.75, 3.05) is 17.9 Å². The summed E-state index contributed by atoms with van der Waals surface area (Å²) in [6.45, 7) is -0.483. The first kappa shape index (κ1) is 28.5. The first-order valence-corrected chi connectivity index (χ1v) is 14.2. The van der Waals surface area contributed by atoms with Gasteiger partial charge in [-0.05, 0) is 47.5 Å². The van der Waals surface area contributed by atoms with Crippen molar-refractivity contribution < 1.29 is 22.4 Å². The van der Waals surface area contributed by atoms with Crippen LogP contribution in [0.15, 0.2) is 120 Å². The predicted molar refractivity (Wildman–Crippen MR) is 152 cm³/mol. The number of anilines is 1. The van der Waals surface area contributed by atoms with Gasteiger partial charge in [0.1, 0.15) is 18.4 Å². The van der Waals surface area contributed by atoms with Gasteiger partial charge < -0.3 is 10.2 Å². The van der Waals surface area contributed by atoms with Gasteiger partial charge in [-0.25, -0.2) is 12.8 Å². The minimum absolute atomic E-state index is 0.0871. The molecule has 4 aromatic rings. The number of hydrogen-bond acceptors (Lipinski definition) is 4. The maximum atomic E-state index is 14.1. The van der Waals surface area contributed by atoms with Gasteiger partial charge in [-0.2, -0.15) is 0 Å². The second kappa shape index (κ2) is 13.0. The Morgan fingerprint density at radius 1 is 0.775 bits per heavy atom. The van der Waals surface area contributed by atoms with Crippen molar-refractivity contribution >= 4 is 27.5 Å². The number of carbonyl (C=O) groups is 2. The minimum Gasteiger partial charge on any atom is -0.357 e. The Balaban J connectivity index is 1.75. The maximum Gasteiger partial charge on any atom is 0.264 e. The van der Waals surface area contributed by atoms with E-state index >= 15 is 0 Å². The number of likely N-dealkylation sites (N-methyl/N-ethyl adjacent to an activating group) is 1. The van der Waals surface area contributed by atoms with Crippen LogP contribution in [0.4, 0.5) is 10.1 Å². The number of benzene rings is 4. The molecule has 4 rings (SSSR count). The zero-order valence-corrected chi connectivity index (χ0v) is 22.8. The van der Waals surface area contributed by atoms with Crippen LogP contribution in [0.3, 0.4) is 0 Å². The van der Waals surface area contributed by atoms with E-state index in [0.717, 1.165) is 39.7 Å². The van der Waals surface area contributed by atoms with E-state index in [-0.39, 0.29) is 29.5 Å². The smallest absolute Gasteiger partial charge is 0.264 e. The molecule has 9 heteroatoms. The molecule has 0 saturated carbocycles. The molecular weight excluding hydrogens is 529 g/mol. The lowest BCUT2D eigenvalue weighted by Gasteiger charge is -2.33. The summed E-state index contributed by atoms with van der Waals surface area (Å²) in [6.07, 6.45) is 0.231. The molecule has 7 nitrogen and oxygen atoms in total. The summed E-state index contributed by atoms with van der Waals surface area (Å²) in [7, 11) is -2.76. The van der Waals surface area contributed by atoms with Crippen LogP contribution < -0.4 is 9.62 Å². The van der Waals surface area contributed by atoms with Crippen LogP contribution in [-0.4, -0.2) is 44.8 Å². The second-order valence-electron chi connectivity index (χ2n) is 9.13. The Bertz CT molecular complexity index is 1520. The number of carbonyl (C=O) groups excluding carboxylic acids is 2. The molecule has 0 aromatic heterocycles. The number of nitrogens with one attached hydrogen (secondary N) is 1. The van der Waals surface area contributed by atoms with Gasteiger partial charge in [-0.15, -0.1) is 0 Å². The molecule has 0 saturated heterocycles. The molecule has 0 aliphatic heterocycles. The molecule has 40 heavy (non-hydrogen) atoms. The van der Waals surface area contributed by atoms with Crippen molar-refractivity contribution in [2.24, 2.45) is 0 Å². The summed E-state index contributed by atoms with van der Waals surface area (Å²) in [5.74, 6) is -1.52. The fourth-order valence-corrected chi connectivity index (χ4v) is 5.77. The molecule has 0 aliphatic rings.